The van der Waals surface area contributed by atoms with Crippen LogP contribution in [0.3, 0.4) is 0 Å². The number of sulfonamides is 1. The molecule has 0 saturated carbocycles. The Balaban J connectivity index is 1.81. The van der Waals surface area contributed by atoms with Crippen molar-refractivity contribution in [3.63, 3.8) is 0 Å². The first-order valence-corrected chi connectivity index (χ1v) is 8.84. The first-order valence-electron chi connectivity index (χ1n) is 6.81. The molecule has 0 amide bonds. The van der Waals surface area contributed by atoms with Crippen LogP contribution in [0, 0.1) is 5.82 Å². The molecule has 0 atom stereocenters. The number of piperazine rings is 1. The van der Waals surface area contributed by atoms with Crippen LogP contribution >= 0.6 is 11.6 Å². The maximum absolute atomic E-state index is 13.0. The second-order valence-corrected chi connectivity index (χ2v) is 7.31. The predicted molar refractivity (Wildman–Crippen MR) is 81.3 cm³/mol. The van der Waals surface area contributed by atoms with Crippen LogP contribution in [0.25, 0.3) is 0 Å². The van der Waals surface area contributed by atoms with Crippen LogP contribution in [0.1, 0.15) is 5.56 Å². The highest BCUT2D eigenvalue weighted by atomic mass is 35.5. The Bertz CT molecular complexity index is 577. The number of halogens is 2. The van der Waals surface area contributed by atoms with Gasteiger partial charge in [-0.05, 0) is 17.7 Å². The summed E-state index contributed by atoms with van der Waals surface area (Å²) < 4.78 is 39.4. The van der Waals surface area contributed by atoms with E-state index in [-0.39, 0.29) is 17.3 Å². The second kappa shape index (κ2) is 7.51. The van der Waals surface area contributed by atoms with Crippen molar-refractivity contribution in [1.29, 1.82) is 0 Å². The average Bonchev–Trinajstić information content (AvgIpc) is 2.48. The van der Waals surface area contributed by atoms with Gasteiger partial charge in [0.1, 0.15) is 5.82 Å². The third-order valence-electron chi connectivity index (χ3n) is 3.37. The van der Waals surface area contributed by atoms with Crippen LogP contribution < -0.4 is 10.0 Å². The highest BCUT2D eigenvalue weighted by Crippen LogP contribution is 2.15. The van der Waals surface area contributed by atoms with Gasteiger partial charge in [-0.15, -0.1) is 0 Å². The fourth-order valence-corrected chi connectivity index (χ4v) is 3.33. The maximum atomic E-state index is 13.0. The second-order valence-electron chi connectivity index (χ2n) is 4.98. The Labute approximate surface area is 129 Å². The van der Waals surface area contributed by atoms with E-state index in [1.54, 1.807) is 0 Å². The molecule has 1 heterocycles. The molecule has 2 rings (SSSR count). The van der Waals surface area contributed by atoms with Gasteiger partial charge in [0.25, 0.3) is 0 Å². The summed E-state index contributed by atoms with van der Waals surface area (Å²) in [5.41, 5.74) is 0.632. The zero-order chi connectivity index (χ0) is 15.3. The smallest absolute Gasteiger partial charge is 0.213 e. The molecule has 1 aliphatic rings. The topological polar surface area (TPSA) is 61.4 Å². The van der Waals surface area contributed by atoms with Gasteiger partial charge in [-0.1, -0.05) is 17.7 Å². The molecule has 0 spiro atoms. The minimum atomic E-state index is -3.35. The molecule has 0 radical (unpaired) electrons. The lowest BCUT2D eigenvalue weighted by molar-refractivity contribution is 0.253. The zero-order valence-corrected chi connectivity index (χ0v) is 13.2. The predicted octanol–water partition coefficient (Wildman–Crippen LogP) is 0.804. The monoisotopic (exact) mass is 335 g/mol. The van der Waals surface area contributed by atoms with Crippen LogP contribution in [0.2, 0.25) is 5.02 Å². The lowest BCUT2D eigenvalue weighted by Crippen LogP contribution is -2.45. The molecule has 1 aromatic rings. The van der Waals surface area contributed by atoms with Gasteiger partial charge in [-0.2, -0.15) is 0 Å². The van der Waals surface area contributed by atoms with Crippen molar-refractivity contribution in [2.45, 2.75) is 6.54 Å². The number of benzene rings is 1. The van der Waals surface area contributed by atoms with Crippen LogP contribution in [0.15, 0.2) is 18.2 Å². The van der Waals surface area contributed by atoms with Gasteiger partial charge in [0, 0.05) is 39.3 Å². The third kappa shape index (κ3) is 5.52. The van der Waals surface area contributed by atoms with E-state index < -0.39 is 15.8 Å². The normalized spacial score (nSPS) is 17.0. The van der Waals surface area contributed by atoms with E-state index in [9.17, 15) is 12.8 Å². The number of nitrogens with zero attached hydrogens (tertiary/aromatic N) is 1. The van der Waals surface area contributed by atoms with Crippen LogP contribution in [-0.4, -0.2) is 51.8 Å². The molecule has 2 N–H and O–H groups in total. The van der Waals surface area contributed by atoms with E-state index in [0.29, 0.717) is 12.1 Å². The first-order chi connectivity index (χ1) is 9.96. The van der Waals surface area contributed by atoms with Gasteiger partial charge in [-0.25, -0.2) is 17.5 Å². The van der Waals surface area contributed by atoms with Gasteiger partial charge >= 0.3 is 0 Å². The van der Waals surface area contributed by atoms with E-state index >= 15 is 0 Å². The van der Waals surface area contributed by atoms with Crippen LogP contribution in [0.4, 0.5) is 4.39 Å². The summed E-state index contributed by atoms with van der Waals surface area (Å²) in [6, 6.07) is 4.17. The quantitative estimate of drug-likeness (QED) is 0.807. The number of rotatable bonds is 6. The molecule has 0 aromatic heterocycles. The van der Waals surface area contributed by atoms with Crippen molar-refractivity contribution in [2.75, 3.05) is 38.5 Å². The van der Waals surface area contributed by atoms with Crippen molar-refractivity contribution in [3.05, 3.63) is 34.6 Å². The first kappa shape index (κ1) is 16.6. The van der Waals surface area contributed by atoms with Crippen LogP contribution in [-0.2, 0) is 16.6 Å². The number of hydrogen-bond acceptors (Lipinski definition) is 4. The molecule has 1 saturated heterocycles. The molecule has 1 aliphatic heterocycles. The Morgan fingerprint density at radius 3 is 2.71 bits per heavy atom. The van der Waals surface area contributed by atoms with Crippen molar-refractivity contribution < 1.29 is 12.8 Å². The average molecular weight is 336 g/mol. The summed E-state index contributed by atoms with van der Waals surface area (Å²) in [6.07, 6.45) is 0. The lowest BCUT2D eigenvalue weighted by atomic mass is 10.2. The Hall–Kier alpha value is -0.730. The maximum Gasteiger partial charge on any atom is 0.213 e. The van der Waals surface area contributed by atoms with E-state index in [2.05, 4.69) is 14.9 Å². The van der Waals surface area contributed by atoms with Gasteiger partial charge in [0.05, 0.1) is 10.8 Å². The molecule has 0 bridgehead atoms. The molecule has 1 aromatic carbocycles. The van der Waals surface area contributed by atoms with Crippen molar-refractivity contribution in [1.82, 2.24) is 14.9 Å². The Kier molecular flexibility index (Phi) is 5.95. The minimum Gasteiger partial charge on any atom is -0.314 e. The van der Waals surface area contributed by atoms with Gasteiger partial charge in [0.15, 0.2) is 0 Å². The summed E-state index contributed by atoms with van der Waals surface area (Å²) in [7, 11) is -3.35. The number of hydrogen-bond donors (Lipinski definition) is 2. The van der Waals surface area contributed by atoms with Crippen LogP contribution in [0.5, 0.6) is 0 Å². The minimum absolute atomic E-state index is 0.00693. The lowest BCUT2D eigenvalue weighted by Gasteiger charge is -2.26. The molecular weight excluding hydrogens is 317 g/mol. The number of nitrogens with one attached hydrogen (secondary N) is 2. The van der Waals surface area contributed by atoms with Gasteiger partial charge in [0.2, 0.25) is 10.0 Å². The molecule has 1 fully saturated rings. The zero-order valence-electron chi connectivity index (χ0n) is 11.6. The summed E-state index contributed by atoms with van der Waals surface area (Å²) >= 11 is 5.66. The van der Waals surface area contributed by atoms with Crippen molar-refractivity contribution in [3.8, 4) is 0 Å². The van der Waals surface area contributed by atoms with E-state index in [1.165, 1.54) is 18.2 Å². The third-order valence-corrected chi connectivity index (χ3v) is 4.96. The molecule has 118 valence electrons. The van der Waals surface area contributed by atoms with E-state index in [0.717, 1.165) is 26.2 Å². The molecule has 0 unspecified atom stereocenters. The molecule has 0 aliphatic carbocycles. The highest BCUT2D eigenvalue weighted by molar-refractivity contribution is 7.89. The Morgan fingerprint density at radius 1 is 1.33 bits per heavy atom. The summed E-state index contributed by atoms with van der Waals surface area (Å²) in [4.78, 5) is 2.12. The van der Waals surface area contributed by atoms with Crippen molar-refractivity contribution >= 4 is 21.6 Å². The highest BCUT2D eigenvalue weighted by Gasteiger charge is 2.15. The van der Waals surface area contributed by atoms with Crippen molar-refractivity contribution in [2.24, 2.45) is 0 Å². The largest absolute Gasteiger partial charge is 0.314 e. The molecule has 8 heteroatoms. The summed E-state index contributed by atoms with van der Waals surface area (Å²) in [5.74, 6) is -0.455. The van der Waals surface area contributed by atoms with Gasteiger partial charge in [-0.3, -0.25) is 4.90 Å². The van der Waals surface area contributed by atoms with E-state index in [1.807, 2.05) is 0 Å². The Morgan fingerprint density at radius 2 is 2.05 bits per heavy atom. The standard InChI is InChI=1S/C13H19ClFN3O2S/c14-12-9-11(1-2-13(12)15)10-17-21(19,20)8-7-18-5-3-16-4-6-18/h1-2,9,16-17H,3-8,10H2. The molecule has 21 heavy (non-hydrogen) atoms. The van der Waals surface area contributed by atoms with Gasteiger partial charge < -0.3 is 5.32 Å². The molecule has 5 nitrogen and oxygen atoms in total. The summed E-state index contributed by atoms with van der Waals surface area (Å²) in [5, 5.41) is 3.21. The fraction of sp³-hybridized carbons (Fsp3) is 0.538. The summed E-state index contributed by atoms with van der Waals surface area (Å²) in [6.45, 7) is 4.14. The fourth-order valence-electron chi connectivity index (χ4n) is 2.10. The molecular formula is C13H19ClFN3O2S. The van der Waals surface area contributed by atoms with E-state index in [4.69, 9.17) is 11.6 Å². The SMILES string of the molecule is O=S(=O)(CCN1CCNCC1)NCc1ccc(F)c(Cl)c1.